The summed E-state index contributed by atoms with van der Waals surface area (Å²) < 4.78 is 5.19. The van der Waals surface area contributed by atoms with Crippen molar-refractivity contribution >= 4 is 29.9 Å². The highest BCUT2D eigenvalue weighted by atomic mass is 127. The van der Waals surface area contributed by atoms with Gasteiger partial charge in [-0.15, -0.1) is 24.0 Å². The van der Waals surface area contributed by atoms with Crippen LogP contribution in [0.1, 0.15) is 19.4 Å². The second-order valence-corrected chi connectivity index (χ2v) is 6.80. The number of rotatable bonds is 8. The zero-order valence-corrected chi connectivity index (χ0v) is 19.5. The van der Waals surface area contributed by atoms with E-state index in [0.29, 0.717) is 6.04 Å². The van der Waals surface area contributed by atoms with Gasteiger partial charge in [-0.25, -0.2) is 0 Å². The molecule has 0 saturated carbocycles. The van der Waals surface area contributed by atoms with Crippen molar-refractivity contribution < 1.29 is 4.74 Å². The third kappa shape index (κ3) is 8.23. The predicted octanol–water partition coefficient (Wildman–Crippen LogP) is 2.05. The Kier molecular flexibility index (Phi) is 11.7. The van der Waals surface area contributed by atoms with Crippen molar-refractivity contribution in [3.63, 3.8) is 0 Å². The topological polar surface area (TPSA) is 52.1 Å². The van der Waals surface area contributed by atoms with E-state index in [2.05, 4.69) is 51.4 Å². The molecular formula is C20H36IN5O. The third-order valence-electron chi connectivity index (χ3n) is 5.13. The van der Waals surface area contributed by atoms with Crippen LogP contribution in [-0.4, -0.2) is 81.8 Å². The molecule has 1 unspecified atom stereocenters. The van der Waals surface area contributed by atoms with E-state index >= 15 is 0 Å². The summed E-state index contributed by atoms with van der Waals surface area (Å²) in [5.74, 6) is 1.77. The molecule has 7 heteroatoms. The molecule has 0 bridgehead atoms. The number of piperazine rings is 1. The normalized spacial score (nSPS) is 17.1. The summed E-state index contributed by atoms with van der Waals surface area (Å²) in [6, 6.07) is 8.72. The fourth-order valence-electron chi connectivity index (χ4n) is 3.23. The van der Waals surface area contributed by atoms with Crippen molar-refractivity contribution in [1.82, 2.24) is 20.4 Å². The third-order valence-corrected chi connectivity index (χ3v) is 5.13. The van der Waals surface area contributed by atoms with Gasteiger partial charge in [0.2, 0.25) is 0 Å². The Morgan fingerprint density at radius 2 is 1.81 bits per heavy atom. The molecule has 0 spiro atoms. The van der Waals surface area contributed by atoms with Crippen LogP contribution >= 0.6 is 24.0 Å². The first-order valence-electron chi connectivity index (χ1n) is 9.70. The molecule has 27 heavy (non-hydrogen) atoms. The van der Waals surface area contributed by atoms with Crippen molar-refractivity contribution in [2.45, 2.75) is 26.3 Å². The summed E-state index contributed by atoms with van der Waals surface area (Å²) in [4.78, 5) is 9.41. The van der Waals surface area contributed by atoms with Gasteiger partial charge in [-0.05, 0) is 37.6 Å². The number of hydrogen-bond donors (Lipinski definition) is 2. The molecule has 6 nitrogen and oxygen atoms in total. The molecule has 2 rings (SSSR count). The summed E-state index contributed by atoms with van der Waals surface area (Å²) >= 11 is 0. The van der Waals surface area contributed by atoms with Gasteiger partial charge in [0.15, 0.2) is 5.96 Å². The molecule has 1 atom stereocenters. The number of hydrogen-bond acceptors (Lipinski definition) is 4. The average molecular weight is 489 g/mol. The molecule has 1 aromatic rings. The van der Waals surface area contributed by atoms with Crippen molar-refractivity contribution in [2.24, 2.45) is 4.99 Å². The molecule has 0 radical (unpaired) electrons. The smallest absolute Gasteiger partial charge is 0.191 e. The van der Waals surface area contributed by atoms with Crippen LogP contribution in [0.25, 0.3) is 0 Å². The van der Waals surface area contributed by atoms with E-state index in [1.54, 1.807) is 7.11 Å². The SMILES string of the molecule is CCN1CCN(C(C)CNC(=NC)NCCc2ccc(OC)cc2)CC1.I. The van der Waals surface area contributed by atoms with Gasteiger partial charge in [0.1, 0.15) is 5.75 Å². The Morgan fingerprint density at radius 3 is 2.37 bits per heavy atom. The molecule has 1 heterocycles. The van der Waals surface area contributed by atoms with Gasteiger partial charge in [0.05, 0.1) is 7.11 Å². The van der Waals surface area contributed by atoms with Crippen molar-refractivity contribution in [2.75, 3.05) is 60.0 Å². The second-order valence-electron chi connectivity index (χ2n) is 6.80. The zero-order chi connectivity index (χ0) is 18.8. The van der Waals surface area contributed by atoms with E-state index in [9.17, 15) is 0 Å². The summed E-state index contributed by atoms with van der Waals surface area (Å²) in [6.45, 7) is 12.1. The van der Waals surface area contributed by atoms with Crippen molar-refractivity contribution in [3.05, 3.63) is 29.8 Å². The summed E-state index contributed by atoms with van der Waals surface area (Å²) in [6.07, 6.45) is 0.958. The number of likely N-dealkylation sites (N-methyl/N-ethyl adjacent to an activating group) is 1. The van der Waals surface area contributed by atoms with Crippen molar-refractivity contribution in [3.8, 4) is 5.75 Å². The van der Waals surface area contributed by atoms with E-state index in [1.165, 1.54) is 18.7 Å². The summed E-state index contributed by atoms with van der Waals surface area (Å²) in [7, 11) is 3.52. The lowest BCUT2D eigenvalue weighted by molar-refractivity contribution is 0.107. The van der Waals surface area contributed by atoms with E-state index in [1.807, 2.05) is 19.2 Å². The van der Waals surface area contributed by atoms with E-state index in [4.69, 9.17) is 4.74 Å². The van der Waals surface area contributed by atoms with Gasteiger partial charge in [-0.3, -0.25) is 9.89 Å². The molecule has 1 aromatic carbocycles. The second kappa shape index (κ2) is 13.2. The number of nitrogens with one attached hydrogen (secondary N) is 2. The van der Waals surface area contributed by atoms with Gasteiger partial charge in [-0.2, -0.15) is 0 Å². The Hall–Kier alpha value is -1.06. The lowest BCUT2D eigenvalue weighted by Gasteiger charge is -2.37. The average Bonchev–Trinajstić information content (AvgIpc) is 2.70. The molecule has 1 fully saturated rings. The molecule has 154 valence electrons. The largest absolute Gasteiger partial charge is 0.497 e. The minimum atomic E-state index is 0. The van der Waals surface area contributed by atoms with Gasteiger partial charge in [0, 0.05) is 52.4 Å². The fraction of sp³-hybridized carbons (Fsp3) is 0.650. The molecule has 2 N–H and O–H groups in total. The van der Waals surface area contributed by atoms with Gasteiger partial charge in [-0.1, -0.05) is 19.1 Å². The van der Waals surface area contributed by atoms with Crippen LogP contribution in [0.15, 0.2) is 29.3 Å². The number of ether oxygens (including phenoxy) is 1. The maximum Gasteiger partial charge on any atom is 0.191 e. The van der Waals surface area contributed by atoms with E-state index in [0.717, 1.165) is 50.9 Å². The zero-order valence-electron chi connectivity index (χ0n) is 17.2. The molecular weight excluding hydrogens is 453 g/mol. The maximum atomic E-state index is 5.19. The standard InChI is InChI=1S/C20H35N5O.HI/c1-5-24-12-14-25(15-13-24)17(2)16-23-20(21-3)22-11-10-18-6-8-19(26-4)9-7-18;/h6-9,17H,5,10-16H2,1-4H3,(H2,21,22,23);1H. The number of guanidine groups is 1. The van der Waals surface area contributed by atoms with E-state index < -0.39 is 0 Å². The minimum Gasteiger partial charge on any atom is -0.497 e. The van der Waals surface area contributed by atoms with Crippen LogP contribution in [-0.2, 0) is 6.42 Å². The van der Waals surface area contributed by atoms with Gasteiger partial charge < -0.3 is 20.3 Å². The minimum absolute atomic E-state index is 0. The van der Waals surface area contributed by atoms with Crippen LogP contribution in [0.5, 0.6) is 5.75 Å². The number of aliphatic imine (C=N–C) groups is 1. The Morgan fingerprint density at radius 1 is 1.15 bits per heavy atom. The molecule has 1 aliphatic rings. The first-order chi connectivity index (χ1) is 12.7. The first-order valence-corrected chi connectivity index (χ1v) is 9.70. The van der Waals surface area contributed by atoms with Gasteiger partial charge >= 0.3 is 0 Å². The molecule has 0 aliphatic carbocycles. The predicted molar refractivity (Wildman–Crippen MR) is 125 cm³/mol. The van der Waals surface area contributed by atoms with Crippen molar-refractivity contribution in [1.29, 1.82) is 0 Å². The number of nitrogens with zero attached hydrogens (tertiary/aromatic N) is 3. The molecule has 0 aromatic heterocycles. The Bertz CT molecular complexity index is 544. The van der Waals surface area contributed by atoms with Crippen LogP contribution in [0.3, 0.4) is 0 Å². The first kappa shape index (κ1) is 24.0. The Balaban J connectivity index is 0.00000364. The number of benzene rings is 1. The molecule has 0 amide bonds. The Labute approximate surface area is 181 Å². The van der Waals surface area contributed by atoms with Gasteiger partial charge in [0.25, 0.3) is 0 Å². The number of halogens is 1. The van der Waals surface area contributed by atoms with E-state index in [-0.39, 0.29) is 24.0 Å². The fourth-order valence-corrected chi connectivity index (χ4v) is 3.23. The maximum absolute atomic E-state index is 5.19. The summed E-state index contributed by atoms with van der Waals surface area (Å²) in [5.41, 5.74) is 1.29. The molecule has 1 aliphatic heterocycles. The summed E-state index contributed by atoms with van der Waals surface area (Å²) in [5, 5.41) is 6.86. The monoisotopic (exact) mass is 489 g/mol. The van der Waals surface area contributed by atoms with Crippen LogP contribution in [0.4, 0.5) is 0 Å². The van der Waals surface area contributed by atoms with Crippen LogP contribution in [0.2, 0.25) is 0 Å². The highest BCUT2D eigenvalue weighted by Gasteiger charge is 2.20. The lowest BCUT2D eigenvalue weighted by atomic mass is 10.1. The quantitative estimate of drug-likeness (QED) is 0.333. The van der Waals surface area contributed by atoms with Crippen LogP contribution in [0, 0.1) is 0 Å². The highest BCUT2D eigenvalue weighted by molar-refractivity contribution is 14.0. The number of methoxy groups -OCH3 is 1. The van der Waals surface area contributed by atoms with Crippen LogP contribution < -0.4 is 15.4 Å². The molecule has 1 saturated heterocycles. The lowest BCUT2D eigenvalue weighted by Crippen LogP contribution is -2.53. The highest BCUT2D eigenvalue weighted by Crippen LogP contribution is 2.11.